The van der Waals surface area contributed by atoms with Crippen LogP contribution in [0.4, 0.5) is 24.5 Å². The average Bonchev–Trinajstić information content (AvgIpc) is 3.03. The molecule has 1 heterocycles. The molecule has 0 fully saturated rings. The molecule has 0 radical (unpaired) electrons. The zero-order chi connectivity index (χ0) is 23.6. The first-order chi connectivity index (χ1) is 15.7. The molecule has 0 unspecified atom stereocenters. The molecular weight excluding hydrogens is 457 g/mol. The third kappa shape index (κ3) is 5.17. The Morgan fingerprint density at radius 3 is 2.00 bits per heavy atom. The topological polar surface area (TPSA) is 75.7 Å². The van der Waals surface area contributed by atoms with Gasteiger partial charge in [0.2, 0.25) is 5.91 Å². The third-order valence-corrected chi connectivity index (χ3v) is 5.64. The van der Waals surface area contributed by atoms with Crippen LogP contribution in [0.5, 0.6) is 5.75 Å². The van der Waals surface area contributed by atoms with Gasteiger partial charge in [0.15, 0.2) is 0 Å². The van der Waals surface area contributed by atoms with Crippen molar-refractivity contribution in [3.05, 3.63) is 83.9 Å². The molecule has 1 N–H and O–H groups in total. The van der Waals surface area contributed by atoms with Gasteiger partial charge in [-0.15, -0.1) is 24.9 Å². The number of imide groups is 1. The molecule has 0 aliphatic carbocycles. The molecule has 3 aromatic rings. The van der Waals surface area contributed by atoms with Crippen LogP contribution >= 0.6 is 11.8 Å². The lowest BCUT2D eigenvalue weighted by molar-refractivity contribution is -0.274. The number of amides is 3. The summed E-state index contributed by atoms with van der Waals surface area (Å²) in [7, 11) is 0. The minimum Gasteiger partial charge on any atom is -0.406 e. The van der Waals surface area contributed by atoms with Gasteiger partial charge < -0.3 is 10.1 Å². The Morgan fingerprint density at radius 2 is 1.45 bits per heavy atom. The lowest BCUT2D eigenvalue weighted by Crippen LogP contribution is -2.29. The molecule has 4 rings (SSSR count). The van der Waals surface area contributed by atoms with E-state index < -0.39 is 6.36 Å². The highest BCUT2D eigenvalue weighted by Gasteiger charge is 2.36. The van der Waals surface area contributed by atoms with E-state index in [9.17, 15) is 27.6 Å². The number of carbonyl (C=O) groups is 3. The number of alkyl halides is 3. The van der Waals surface area contributed by atoms with Gasteiger partial charge in [0, 0.05) is 10.6 Å². The van der Waals surface area contributed by atoms with E-state index in [0.29, 0.717) is 22.5 Å². The summed E-state index contributed by atoms with van der Waals surface area (Å²) in [5, 5.41) is 2.59. The van der Waals surface area contributed by atoms with Crippen molar-refractivity contribution in [3.8, 4) is 5.75 Å². The van der Waals surface area contributed by atoms with Crippen molar-refractivity contribution in [2.45, 2.75) is 11.3 Å². The highest BCUT2D eigenvalue weighted by atomic mass is 32.2. The van der Waals surface area contributed by atoms with E-state index in [2.05, 4.69) is 10.1 Å². The number of thioether (sulfide) groups is 1. The number of nitrogens with one attached hydrogen (secondary N) is 1. The molecule has 10 heteroatoms. The van der Waals surface area contributed by atoms with Crippen LogP contribution in [0.25, 0.3) is 0 Å². The van der Waals surface area contributed by atoms with E-state index in [0.717, 1.165) is 21.9 Å². The molecule has 0 saturated carbocycles. The van der Waals surface area contributed by atoms with E-state index in [1.807, 2.05) is 0 Å². The second-order valence-corrected chi connectivity index (χ2v) is 7.94. The van der Waals surface area contributed by atoms with Crippen LogP contribution in [0.3, 0.4) is 0 Å². The van der Waals surface area contributed by atoms with Crippen molar-refractivity contribution in [1.29, 1.82) is 0 Å². The molecule has 0 aromatic heterocycles. The van der Waals surface area contributed by atoms with Crippen LogP contribution in [0.1, 0.15) is 20.7 Å². The molecule has 0 atom stereocenters. The van der Waals surface area contributed by atoms with Crippen molar-refractivity contribution in [3.63, 3.8) is 0 Å². The van der Waals surface area contributed by atoms with Gasteiger partial charge in [-0.2, -0.15) is 0 Å². The maximum absolute atomic E-state index is 12.6. The summed E-state index contributed by atoms with van der Waals surface area (Å²) in [5.74, 6) is -1.46. The number of fused-ring (bicyclic) bond motifs is 1. The number of hydrogen-bond donors (Lipinski definition) is 1. The van der Waals surface area contributed by atoms with Crippen molar-refractivity contribution in [2.24, 2.45) is 0 Å². The quantitative estimate of drug-likeness (QED) is 0.398. The summed E-state index contributed by atoms with van der Waals surface area (Å²) in [6, 6.07) is 18.1. The number of anilines is 2. The van der Waals surface area contributed by atoms with E-state index >= 15 is 0 Å². The lowest BCUT2D eigenvalue weighted by atomic mass is 10.1. The highest BCUT2D eigenvalue weighted by molar-refractivity contribution is 8.00. The number of halogens is 3. The molecule has 0 spiro atoms. The fourth-order valence-electron chi connectivity index (χ4n) is 3.20. The molecule has 0 bridgehead atoms. The molecule has 168 valence electrons. The van der Waals surface area contributed by atoms with Crippen molar-refractivity contribution >= 4 is 40.9 Å². The Kier molecular flexibility index (Phi) is 6.10. The molecule has 1 aliphatic heterocycles. The van der Waals surface area contributed by atoms with Gasteiger partial charge >= 0.3 is 6.36 Å². The van der Waals surface area contributed by atoms with Crippen molar-refractivity contribution in [2.75, 3.05) is 16.0 Å². The first kappa shape index (κ1) is 22.4. The van der Waals surface area contributed by atoms with E-state index in [1.54, 1.807) is 48.5 Å². The number of hydrogen-bond acceptors (Lipinski definition) is 5. The summed E-state index contributed by atoms with van der Waals surface area (Å²) in [5.41, 5.74) is 1.47. The number of rotatable bonds is 6. The lowest BCUT2D eigenvalue weighted by Gasteiger charge is -2.14. The van der Waals surface area contributed by atoms with Crippen LogP contribution < -0.4 is 15.0 Å². The van der Waals surface area contributed by atoms with Crippen LogP contribution in [0, 0.1) is 0 Å². The largest absolute Gasteiger partial charge is 0.573 e. The summed E-state index contributed by atoms with van der Waals surface area (Å²) < 4.78 is 40.4. The van der Waals surface area contributed by atoms with Crippen molar-refractivity contribution in [1.82, 2.24) is 0 Å². The van der Waals surface area contributed by atoms with E-state index in [-0.39, 0.29) is 29.2 Å². The SMILES string of the molecule is O=C(CSc1ccc(N2C(=O)c3ccccc3C2=O)cc1)Nc1ccc(OC(F)(F)F)cc1. The molecule has 6 nitrogen and oxygen atoms in total. The van der Waals surface area contributed by atoms with Gasteiger partial charge in [-0.1, -0.05) is 12.1 Å². The normalized spacial score (nSPS) is 13.1. The Bertz CT molecular complexity index is 1180. The van der Waals surface area contributed by atoms with Gasteiger partial charge in [0.25, 0.3) is 11.8 Å². The second-order valence-electron chi connectivity index (χ2n) is 6.89. The third-order valence-electron chi connectivity index (χ3n) is 4.63. The maximum atomic E-state index is 12.6. The number of benzene rings is 3. The van der Waals surface area contributed by atoms with Gasteiger partial charge in [-0.05, 0) is 60.7 Å². The average molecular weight is 472 g/mol. The van der Waals surface area contributed by atoms with Crippen LogP contribution in [0.2, 0.25) is 0 Å². The Labute approximate surface area is 190 Å². The minimum absolute atomic E-state index is 0.0488. The van der Waals surface area contributed by atoms with Gasteiger partial charge in [0.05, 0.1) is 22.6 Å². The fraction of sp³-hybridized carbons (Fsp3) is 0.0870. The maximum Gasteiger partial charge on any atom is 0.573 e. The predicted octanol–water partition coefficient (Wildman–Crippen LogP) is 5.12. The molecular formula is C23H15F3N2O4S. The van der Waals surface area contributed by atoms with E-state index in [1.165, 1.54) is 23.9 Å². The standard InChI is InChI=1S/C23H15F3N2O4S/c24-23(25,26)32-16-9-5-14(6-10-16)27-20(29)13-33-17-11-7-15(8-12-17)28-21(30)18-3-1-2-4-19(18)22(28)31/h1-12H,13H2,(H,27,29). The monoisotopic (exact) mass is 472 g/mol. The fourth-order valence-corrected chi connectivity index (χ4v) is 3.90. The Morgan fingerprint density at radius 1 is 0.879 bits per heavy atom. The first-order valence-electron chi connectivity index (χ1n) is 9.57. The molecule has 33 heavy (non-hydrogen) atoms. The summed E-state index contributed by atoms with van der Waals surface area (Å²) >= 11 is 1.23. The smallest absolute Gasteiger partial charge is 0.406 e. The summed E-state index contributed by atoms with van der Waals surface area (Å²) in [4.78, 5) is 39.1. The highest BCUT2D eigenvalue weighted by Crippen LogP contribution is 2.30. The van der Waals surface area contributed by atoms with Crippen LogP contribution in [0.15, 0.2) is 77.7 Å². The first-order valence-corrected chi connectivity index (χ1v) is 10.6. The van der Waals surface area contributed by atoms with Gasteiger partial charge in [0.1, 0.15) is 5.75 Å². The molecule has 0 saturated heterocycles. The molecule has 3 amide bonds. The minimum atomic E-state index is -4.78. The van der Waals surface area contributed by atoms with E-state index in [4.69, 9.17) is 0 Å². The number of ether oxygens (including phenoxy) is 1. The van der Waals surface area contributed by atoms with Gasteiger partial charge in [-0.25, -0.2) is 4.90 Å². The Balaban J connectivity index is 1.32. The number of nitrogens with zero attached hydrogens (tertiary/aromatic N) is 1. The summed E-state index contributed by atoms with van der Waals surface area (Å²) in [6.45, 7) is 0. The van der Waals surface area contributed by atoms with Crippen LogP contribution in [-0.2, 0) is 4.79 Å². The zero-order valence-corrected chi connectivity index (χ0v) is 17.6. The summed E-state index contributed by atoms with van der Waals surface area (Å²) in [6.07, 6.45) is -4.78. The zero-order valence-electron chi connectivity index (χ0n) is 16.8. The van der Waals surface area contributed by atoms with Crippen molar-refractivity contribution < 1.29 is 32.3 Å². The molecule has 3 aromatic carbocycles. The second kappa shape index (κ2) is 8.99. The number of carbonyl (C=O) groups excluding carboxylic acids is 3. The predicted molar refractivity (Wildman–Crippen MR) is 117 cm³/mol. The molecule has 1 aliphatic rings. The van der Waals surface area contributed by atoms with Crippen LogP contribution in [-0.4, -0.2) is 29.8 Å². The van der Waals surface area contributed by atoms with Gasteiger partial charge in [-0.3, -0.25) is 14.4 Å². The Hall–Kier alpha value is -3.79.